The van der Waals surface area contributed by atoms with Crippen LogP contribution in [0.4, 0.5) is 18.9 Å². The summed E-state index contributed by atoms with van der Waals surface area (Å²) in [6.45, 7) is -1.40. The molecule has 2 rings (SSSR count). The molecule has 0 saturated carbocycles. The van der Waals surface area contributed by atoms with E-state index in [0.29, 0.717) is 16.7 Å². The third kappa shape index (κ3) is 2.73. The zero-order valence-corrected chi connectivity index (χ0v) is 9.04. The molecular formula is C11H9F3N2O2. The van der Waals surface area contributed by atoms with Crippen LogP contribution < -0.4 is 11.1 Å². The van der Waals surface area contributed by atoms with Crippen LogP contribution in [0.2, 0.25) is 0 Å². The smallest absolute Gasteiger partial charge is 0.405 e. The predicted molar refractivity (Wildman–Crippen MR) is 59.0 cm³/mol. The highest BCUT2D eigenvalue weighted by atomic mass is 19.4. The zero-order valence-electron chi connectivity index (χ0n) is 9.04. The number of halogens is 3. The van der Waals surface area contributed by atoms with Crippen molar-refractivity contribution in [3.63, 3.8) is 0 Å². The van der Waals surface area contributed by atoms with E-state index in [2.05, 4.69) is 0 Å². The molecule has 0 unspecified atom stereocenters. The molecule has 0 aliphatic rings. The molecule has 0 bridgehead atoms. The summed E-state index contributed by atoms with van der Waals surface area (Å²) in [5.74, 6) is -1.10. The highest BCUT2D eigenvalue weighted by Crippen LogP contribution is 2.22. The van der Waals surface area contributed by atoms with Gasteiger partial charge >= 0.3 is 6.18 Å². The SMILES string of the molecule is Nc1ccc2oc(C(=O)NCC(F)(F)F)cc2c1. The van der Waals surface area contributed by atoms with Crippen molar-refractivity contribution >= 4 is 22.6 Å². The summed E-state index contributed by atoms with van der Waals surface area (Å²) in [4.78, 5) is 11.4. The standard InChI is InChI=1S/C11H9F3N2O2/c12-11(13,14)5-16-10(17)9-4-6-3-7(15)1-2-8(6)18-9/h1-4H,5,15H2,(H,16,17). The highest BCUT2D eigenvalue weighted by molar-refractivity contribution is 5.96. The maximum Gasteiger partial charge on any atom is 0.405 e. The van der Waals surface area contributed by atoms with E-state index in [1.165, 1.54) is 6.07 Å². The number of carbonyl (C=O) groups is 1. The Kier molecular flexibility index (Phi) is 2.90. The fraction of sp³-hybridized carbons (Fsp3) is 0.182. The van der Waals surface area contributed by atoms with Crippen molar-refractivity contribution in [2.24, 2.45) is 0 Å². The lowest BCUT2D eigenvalue weighted by molar-refractivity contribution is -0.123. The summed E-state index contributed by atoms with van der Waals surface area (Å²) in [6, 6.07) is 6.03. The average molecular weight is 258 g/mol. The number of nitrogens with two attached hydrogens (primary N) is 1. The Hall–Kier alpha value is -2.18. The summed E-state index contributed by atoms with van der Waals surface area (Å²) < 4.78 is 40.9. The molecule has 1 aromatic carbocycles. The van der Waals surface area contributed by atoms with E-state index >= 15 is 0 Å². The number of hydrogen-bond acceptors (Lipinski definition) is 3. The van der Waals surface area contributed by atoms with Gasteiger partial charge in [0.25, 0.3) is 5.91 Å². The molecular weight excluding hydrogens is 249 g/mol. The van der Waals surface area contributed by atoms with E-state index < -0.39 is 18.6 Å². The summed E-state index contributed by atoms with van der Waals surface area (Å²) in [5.41, 5.74) is 6.40. The molecule has 1 amide bonds. The molecule has 3 N–H and O–H groups in total. The number of anilines is 1. The lowest BCUT2D eigenvalue weighted by Gasteiger charge is -2.06. The second kappa shape index (κ2) is 4.25. The van der Waals surface area contributed by atoms with Gasteiger partial charge < -0.3 is 15.5 Å². The van der Waals surface area contributed by atoms with Gasteiger partial charge in [0.05, 0.1) is 0 Å². The quantitative estimate of drug-likeness (QED) is 0.812. The molecule has 4 nitrogen and oxygen atoms in total. The van der Waals surface area contributed by atoms with Crippen LogP contribution in [0.3, 0.4) is 0 Å². The first-order valence-electron chi connectivity index (χ1n) is 4.99. The number of carbonyl (C=O) groups excluding carboxylic acids is 1. The highest BCUT2D eigenvalue weighted by Gasteiger charge is 2.28. The Morgan fingerprint density at radius 3 is 2.72 bits per heavy atom. The summed E-state index contributed by atoms with van der Waals surface area (Å²) in [6.07, 6.45) is -4.45. The normalized spacial score (nSPS) is 11.7. The van der Waals surface area contributed by atoms with E-state index in [0.717, 1.165) is 0 Å². The van der Waals surface area contributed by atoms with E-state index in [4.69, 9.17) is 10.2 Å². The third-order valence-electron chi connectivity index (χ3n) is 2.21. The summed E-state index contributed by atoms with van der Waals surface area (Å²) in [5, 5.41) is 2.29. The minimum atomic E-state index is -4.45. The predicted octanol–water partition coefficient (Wildman–Crippen LogP) is 2.31. The largest absolute Gasteiger partial charge is 0.451 e. The van der Waals surface area contributed by atoms with Crippen molar-refractivity contribution in [2.45, 2.75) is 6.18 Å². The zero-order chi connectivity index (χ0) is 13.3. The van der Waals surface area contributed by atoms with Crippen LogP contribution in [0.25, 0.3) is 11.0 Å². The third-order valence-corrected chi connectivity index (χ3v) is 2.21. The molecule has 96 valence electrons. The molecule has 0 atom stereocenters. The summed E-state index contributed by atoms with van der Waals surface area (Å²) in [7, 11) is 0. The minimum absolute atomic E-state index is 0.181. The molecule has 0 radical (unpaired) electrons. The number of nitrogens with one attached hydrogen (secondary N) is 1. The second-order valence-electron chi connectivity index (χ2n) is 3.71. The van der Waals surface area contributed by atoms with Gasteiger partial charge in [-0.3, -0.25) is 4.79 Å². The van der Waals surface area contributed by atoms with Gasteiger partial charge in [-0.15, -0.1) is 0 Å². The van der Waals surface area contributed by atoms with Crippen molar-refractivity contribution in [2.75, 3.05) is 12.3 Å². The molecule has 0 aliphatic heterocycles. The topological polar surface area (TPSA) is 68.3 Å². The fourth-order valence-corrected chi connectivity index (χ4v) is 1.44. The Labute approximate surface area is 99.6 Å². The monoisotopic (exact) mass is 258 g/mol. The van der Waals surface area contributed by atoms with Crippen LogP contribution in [0.1, 0.15) is 10.6 Å². The number of furan rings is 1. The molecule has 0 fully saturated rings. The Balaban J connectivity index is 2.18. The molecule has 18 heavy (non-hydrogen) atoms. The lowest BCUT2D eigenvalue weighted by Crippen LogP contribution is -2.33. The van der Waals surface area contributed by atoms with Crippen LogP contribution in [-0.2, 0) is 0 Å². The molecule has 7 heteroatoms. The van der Waals surface area contributed by atoms with Gasteiger partial charge in [-0.2, -0.15) is 13.2 Å². The van der Waals surface area contributed by atoms with E-state index in [9.17, 15) is 18.0 Å². The van der Waals surface area contributed by atoms with Crippen molar-refractivity contribution in [1.82, 2.24) is 5.32 Å². The van der Waals surface area contributed by atoms with Gasteiger partial charge in [0.15, 0.2) is 5.76 Å². The average Bonchev–Trinajstić information content (AvgIpc) is 2.67. The number of nitrogen functional groups attached to an aromatic ring is 1. The van der Waals surface area contributed by atoms with Crippen LogP contribution in [0, 0.1) is 0 Å². The van der Waals surface area contributed by atoms with Gasteiger partial charge in [-0.25, -0.2) is 0 Å². The minimum Gasteiger partial charge on any atom is -0.451 e. The molecule has 1 heterocycles. The number of alkyl halides is 3. The van der Waals surface area contributed by atoms with Crippen molar-refractivity contribution in [1.29, 1.82) is 0 Å². The maximum absolute atomic E-state index is 11.9. The van der Waals surface area contributed by atoms with E-state index in [1.807, 2.05) is 0 Å². The van der Waals surface area contributed by atoms with Crippen LogP contribution in [0.5, 0.6) is 0 Å². The Bertz CT molecular complexity index is 589. The molecule has 0 saturated heterocycles. The van der Waals surface area contributed by atoms with Crippen molar-refractivity contribution < 1.29 is 22.4 Å². The molecule has 0 spiro atoms. The number of rotatable bonds is 2. The van der Waals surface area contributed by atoms with E-state index in [1.54, 1.807) is 23.5 Å². The summed E-state index contributed by atoms with van der Waals surface area (Å²) >= 11 is 0. The lowest BCUT2D eigenvalue weighted by atomic mass is 10.2. The van der Waals surface area contributed by atoms with Crippen LogP contribution >= 0.6 is 0 Å². The Morgan fingerprint density at radius 2 is 2.06 bits per heavy atom. The molecule has 0 aliphatic carbocycles. The fourth-order valence-electron chi connectivity index (χ4n) is 1.44. The van der Waals surface area contributed by atoms with Gasteiger partial charge in [0, 0.05) is 11.1 Å². The van der Waals surface area contributed by atoms with Crippen molar-refractivity contribution in [3.05, 3.63) is 30.0 Å². The van der Waals surface area contributed by atoms with Gasteiger partial charge in [0.1, 0.15) is 12.1 Å². The van der Waals surface area contributed by atoms with Gasteiger partial charge in [-0.05, 0) is 24.3 Å². The Morgan fingerprint density at radius 1 is 1.33 bits per heavy atom. The first-order valence-corrected chi connectivity index (χ1v) is 4.99. The number of hydrogen-bond donors (Lipinski definition) is 2. The van der Waals surface area contributed by atoms with E-state index in [-0.39, 0.29) is 5.76 Å². The molecule has 1 aromatic heterocycles. The maximum atomic E-state index is 11.9. The number of amides is 1. The van der Waals surface area contributed by atoms with Gasteiger partial charge in [0.2, 0.25) is 0 Å². The first kappa shape index (κ1) is 12.3. The van der Waals surface area contributed by atoms with Gasteiger partial charge in [-0.1, -0.05) is 0 Å². The number of benzene rings is 1. The van der Waals surface area contributed by atoms with Crippen LogP contribution in [0.15, 0.2) is 28.7 Å². The number of fused-ring (bicyclic) bond motifs is 1. The van der Waals surface area contributed by atoms with Crippen LogP contribution in [-0.4, -0.2) is 18.6 Å². The molecule has 2 aromatic rings. The van der Waals surface area contributed by atoms with Crippen molar-refractivity contribution in [3.8, 4) is 0 Å². The first-order chi connectivity index (χ1) is 8.35. The second-order valence-corrected chi connectivity index (χ2v) is 3.71.